The number of thiazole rings is 1. The molecule has 2 aromatic rings. The first-order chi connectivity index (χ1) is 10.1. The van der Waals surface area contributed by atoms with Gasteiger partial charge in [-0.05, 0) is 26.0 Å². The lowest BCUT2D eigenvalue weighted by atomic mass is 10.3. The molecule has 0 aliphatic heterocycles. The van der Waals surface area contributed by atoms with Crippen molar-refractivity contribution in [2.45, 2.75) is 13.8 Å². The van der Waals surface area contributed by atoms with Crippen LogP contribution < -0.4 is 10.6 Å². The van der Waals surface area contributed by atoms with Gasteiger partial charge in [0.05, 0.1) is 23.7 Å². The quantitative estimate of drug-likeness (QED) is 0.744. The van der Waals surface area contributed by atoms with E-state index >= 15 is 0 Å². The van der Waals surface area contributed by atoms with E-state index in [1.54, 1.807) is 18.4 Å². The molecule has 0 aliphatic carbocycles. The fourth-order valence-corrected chi connectivity index (χ4v) is 3.60. The largest absolute Gasteiger partial charge is 0.383 e. The summed E-state index contributed by atoms with van der Waals surface area (Å²) in [5, 5.41) is 6.48. The standard InChI is InChI=1S/C14H19N3O2S2.ClH/c1-9-4-5-11(20-9)13-10(2)21-14(17-13)16-12(18)8-15-6-7-19-3;/h4-5,15H,6-8H2,1-3H3,(H,16,17,18);1H. The molecule has 0 spiro atoms. The highest BCUT2D eigenvalue weighted by atomic mass is 35.5. The summed E-state index contributed by atoms with van der Waals surface area (Å²) in [5.74, 6) is -0.0891. The van der Waals surface area contributed by atoms with E-state index in [0.717, 1.165) is 15.4 Å². The number of amides is 1. The van der Waals surface area contributed by atoms with Crippen molar-refractivity contribution < 1.29 is 9.53 Å². The molecule has 2 heterocycles. The van der Waals surface area contributed by atoms with Crippen molar-refractivity contribution in [1.29, 1.82) is 0 Å². The van der Waals surface area contributed by atoms with E-state index < -0.39 is 0 Å². The Bertz CT molecular complexity index is 613. The third kappa shape index (κ3) is 5.33. The lowest BCUT2D eigenvalue weighted by molar-refractivity contribution is -0.115. The number of halogens is 1. The molecule has 1 amide bonds. The Morgan fingerprint density at radius 3 is 2.73 bits per heavy atom. The number of carbonyl (C=O) groups is 1. The molecule has 122 valence electrons. The van der Waals surface area contributed by atoms with E-state index in [-0.39, 0.29) is 24.9 Å². The summed E-state index contributed by atoms with van der Waals surface area (Å²) in [7, 11) is 1.63. The maximum absolute atomic E-state index is 11.8. The molecule has 2 rings (SSSR count). The van der Waals surface area contributed by atoms with E-state index in [1.807, 2.05) is 6.92 Å². The number of ether oxygens (including phenoxy) is 1. The minimum Gasteiger partial charge on any atom is -0.383 e. The zero-order chi connectivity index (χ0) is 15.2. The molecule has 2 N–H and O–H groups in total. The molecule has 0 bridgehead atoms. The first-order valence-electron chi connectivity index (χ1n) is 6.64. The van der Waals surface area contributed by atoms with Crippen molar-refractivity contribution in [3.05, 3.63) is 21.9 Å². The Morgan fingerprint density at radius 2 is 2.09 bits per heavy atom. The minimum atomic E-state index is -0.0891. The Hall–Kier alpha value is -0.990. The number of methoxy groups -OCH3 is 1. The van der Waals surface area contributed by atoms with E-state index in [9.17, 15) is 4.79 Å². The molecule has 0 unspecified atom stereocenters. The van der Waals surface area contributed by atoms with Gasteiger partial charge in [0.15, 0.2) is 5.13 Å². The Kier molecular flexibility index (Phi) is 7.98. The molecule has 0 fully saturated rings. The molecule has 0 radical (unpaired) electrons. The number of rotatable bonds is 7. The van der Waals surface area contributed by atoms with Gasteiger partial charge in [-0.25, -0.2) is 4.98 Å². The highest BCUT2D eigenvalue weighted by Gasteiger charge is 2.13. The van der Waals surface area contributed by atoms with Crippen LogP contribution in [0.3, 0.4) is 0 Å². The van der Waals surface area contributed by atoms with Gasteiger partial charge in [-0.1, -0.05) is 0 Å². The van der Waals surface area contributed by atoms with Crippen LogP contribution in [0, 0.1) is 13.8 Å². The van der Waals surface area contributed by atoms with Crippen LogP contribution in [0.25, 0.3) is 10.6 Å². The lowest BCUT2D eigenvalue weighted by Crippen LogP contribution is -2.30. The molecular weight excluding hydrogens is 342 g/mol. The van der Waals surface area contributed by atoms with E-state index in [2.05, 4.69) is 34.7 Å². The minimum absolute atomic E-state index is 0. The number of hydrogen-bond acceptors (Lipinski definition) is 6. The molecule has 8 heteroatoms. The average molecular weight is 362 g/mol. The van der Waals surface area contributed by atoms with E-state index in [4.69, 9.17) is 4.74 Å². The second-order valence-electron chi connectivity index (χ2n) is 4.55. The van der Waals surface area contributed by atoms with Gasteiger partial charge in [-0.2, -0.15) is 0 Å². The van der Waals surface area contributed by atoms with Crippen LogP contribution >= 0.6 is 35.1 Å². The number of aromatic nitrogens is 1. The van der Waals surface area contributed by atoms with Crippen LogP contribution in [0.4, 0.5) is 5.13 Å². The number of anilines is 1. The van der Waals surface area contributed by atoms with Crippen LogP contribution in [-0.2, 0) is 9.53 Å². The summed E-state index contributed by atoms with van der Waals surface area (Å²) >= 11 is 3.21. The molecule has 22 heavy (non-hydrogen) atoms. The molecular formula is C14H20ClN3O2S2. The van der Waals surface area contributed by atoms with Crippen molar-refractivity contribution in [1.82, 2.24) is 10.3 Å². The van der Waals surface area contributed by atoms with Gasteiger partial charge < -0.3 is 15.4 Å². The number of nitrogens with one attached hydrogen (secondary N) is 2. The van der Waals surface area contributed by atoms with Gasteiger partial charge in [0.2, 0.25) is 5.91 Å². The predicted molar refractivity (Wildman–Crippen MR) is 95.5 cm³/mol. The topological polar surface area (TPSA) is 63.2 Å². The molecule has 0 saturated carbocycles. The molecule has 0 saturated heterocycles. The zero-order valence-electron chi connectivity index (χ0n) is 12.8. The smallest absolute Gasteiger partial charge is 0.240 e. The van der Waals surface area contributed by atoms with Crippen molar-refractivity contribution in [2.24, 2.45) is 0 Å². The first-order valence-corrected chi connectivity index (χ1v) is 8.27. The monoisotopic (exact) mass is 361 g/mol. The van der Waals surface area contributed by atoms with Crippen molar-refractivity contribution in [2.75, 3.05) is 32.1 Å². The van der Waals surface area contributed by atoms with Gasteiger partial charge in [0.1, 0.15) is 0 Å². The first kappa shape index (κ1) is 19.1. The summed E-state index contributed by atoms with van der Waals surface area (Å²) in [6, 6.07) is 4.15. The second kappa shape index (κ2) is 9.22. The summed E-state index contributed by atoms with van der Waals surface area (Å²) in [6.45, 7) is 5.60. The summed E-state index contributed by atoms with van der Waals surface area (Å²) < 4.78 is 4.91. The van der Waals surface area contributed by atoms with Crippen molar-refractivity contribution in [3.8, 4) is 10.6 Å². The maximum atomic E-state index is 11.8. The third-order valence-corrected chi connectivity index (χ3v) is 4.68. The highest BCUT2D eigenvalue weighted by molar-refractivity contribution is 7.18. The number of aryl methyl sites for hydroxylation is 2. The van der Waals surface area contributed by atoms with Crippen molar-refractivity contribution >= 4 is 46.1 Å². The normalized spacial score (nSPS) is 10.3. The maximum Gasteiger partial charge on any atom is 0.240 e. The van der Waals surface area contributed by atoms with Crippen LogP contribution in [0.2, 0.25) is 0 Å². The van der Waals surface area contributed by atoms with Crippen LogP contribution in [-0.4, -0.2) is 37.7 Å². The SMILES string of the molecule is COCCNCC(=O)Nc1nc(-c2ccc(C)s2)c(C)s1.Cl. The predicted octanol–water partition coefficient (Wildman–Crippen LogP) is 3.08. The fraction of sp³-hybridized carbons (Fsp3) is 0.429. The zero-order valence-corrected chi connectivity index (χ0v) is 15.2. The van der Waals surface area contributed by atoms with E-state index in [1.165, 1.54) is 16.2 Å². The molecule has 0 aliphatic rings. The van der Waals surface area contributed by atoms with Crippen LogP contribution in [0.1, 0.15) is 9.75 Å². The van der Waals surface area contributed by atoms with Gasteiger partial charge in [0, 0.05) is 23.4 Å². The fourth-order valence-electron chi connectivity index (χ4n) is 1.78. The Balaban J connectivity index is 0.00000242. The second-order valence-corrected chi connectivity index (χ2v) is 7.04. The number of nitrogens with zero attached hydrogens (tertiary/aromatic N) is 1. The van der Waals surface area contributed by atoms with Crippen LogP contribution in [0.5, 0.6) is 0 Å². The Labute approximate surface area is 144 Å². The van der Waals surface area contributed by atoms with Gasteiger partial charge >= 0.3 is 0 Å². The molecule has 0 atom stereocenters. The van der Waals surface area contributed by atoms with Gasteiger partial charge in [-0.15, -0.1) is 35.1 Å². The average Bonchev–Trinajstić information content (AvgIpc) is 3.01. The molecule has 5 nitrogen and oxygen atoms in total. The Morgan fingerprint density at radius 1 is 1.32 bits per heavy atom. The third-order valence-electron chi connectivity index (χ3n) is 2.79. The molecule has 0 aromatic carbocycles. The number of hydrogen-bond donors (Lipinski definition) is 2. The summed E-state index contributed by atoms with van der Waals surface area (Å²) in [4.78, 5) is 19.8. The lowest BCUT2D eigenvalue weighted by Gasteiger charge is -2.03. The van der Waals surface area contributed by atoms with Gasteiger partial charge in [0.25, 0.3) is 0 Å². The van der Waals surface area contributed by atoms with Gasteiger partial charge in [-0.3, -0.25) is 4.79 Å². The summed E-state index contributed by atoms with van der Waals surface area (Å²) in [6.07, 6.45) is 0. The highest BCUT2D eigenvalue weighted by Crippen LogP contribution is 2.34. The molecule has 2 aromatic heterocycles. The van der Waals surface area contributed by atoms with E-state index in [0.29, 0.717) is 18.3 Å². The van der Waals surface area contributed by atoms with Crippen LogP contribution in [0.15, 0.2) is 12.1 Å². The van der Waals surface area contributed by atoms with Crippen molar-refractivity contribution in [3.63, 3.8) is 0 Å². The number of thiophene rings is 1. The number of carbonyl (C=O) groups excluding carboxylic acids is 1. The summed E-state index contributed by atoms with van der Waals surface area (Å²) in [5.41, 5.74) is 0.959.